The molecule has 94 valence electrons. The molecule has 0 amide bonds. The number of benzene rings is 1. The summed E-state index contributed by atoms with van der Waals surface area (Å²) in [4.78, 5) is 4.34. The maximum Gasteiger partial charge on any atom is 0.219 e. The number of nitrogens with zero attached hydrogens (tertiary/aromatic N) is 1. The summed E-state index contributed by atoms with van der Waals surface area (Å²) in [6, 6.07) is 9.75. The second kappa shape index (κ2) is 5.50. The van der Waals surface area contributed by atoms with Gasteiger partial charge in [0.25, 0.3) is 0 Å². The minimum Gasteiger partial charge on any atom is -0.438 e. The average molecular weight is 307 g/mol. The summed E-state index contributed by atoms with van der Waals surface area (Å²) in [5.41, 5.74) is 8.73. The molecule has 0 atom stereocenters. The van der Waals surface area contributed by atoms with Crippen molar-refractivity contribution in [3.05, 3.63) is 51.6 Å². The van der Waals surface area contributed by atoms with Crippen molar-refractivity contribution in [3.8, 4) is 11.6 Å². The molecule has 0 saturated carbocycles. The molecule has 2 N–H and O–H groups in total. The van der Waals surface area contributed by atoms with Crippen molar-refractivity contribution in [3.63, 3.8) is 0 Å². The van der Waals surface area contributed by atoms with Crippen LogP contribution >= 0.6 is 15.9 Å². The van der Waals surface area contributed by atoms with Gasteiger partial charge in [-0.2, -0.15) is 0 Å². The molecular formula is C14H15BrN2O. The molecule has 0 bridgehead atoms. The van der Waals surface area contributed by atoms with Crippen molar-refractivity contribution >= 4 is 15.9 Å². The maximum atomic E-state index is 5.77. The Balaban J connectivity index is 2.30. The highest BCUT2D eigenvalue weighted by atomic mass is 79.9. The first-order chi connectivity index (χ1) is 8.58. The number of halogens is 1. The Morgan fingerprint density at radius 2 is 2.00 bits per heavy atom. The molecule has 1 aromatic heterocycles. The molecule has 0 fully saturated rings. The third-order valence-electron chi connectivity index (χ3n) is 2.53. The third-order valence-corrected chi connectivity index (χ3v) is 3.15. The van der Waals surface area contributed by atoms with Gasteiger partial charge in [-0.3, -0.25) is 0 Å². The second-order valence-corrected chi connectivity index (χ2v) is 5.05. The first-order valence-corrected chi connectivity index (χ1v) is 6.49. The van der Waals surface area contributed by atoms with E-state index in [-0.39, 0.29) is 0 Å². The van der Waals surface area contributed by atoms with E-state index in [4.69, 9.17) is 10.5 Å². The summed E-state index contributed by atoms with van der Waals surface area (Å²) in [5, 5.41) is 0. The van der Waals surface area contributed by atoms with E-state index < -0.39 is 0 Å². The van der Waals surface area contributed by atoms with Crippen molar-refractivity contribution in [2.24, 2.45) is 5.73 Å². The molecule has 0 radical (unpaired) electrons. The van der Waals surface area contributed by atoms with Gasteiger partial charge in [0.15, 0.2) is 0 Å². The highest BCUT2D eigenvalue weighted by molar-refractivity contribution is 9.10. The van der Waals surface area contributed by atoms with Crippen LogP contribution in [-0.4, -0.2) is 4.98 Å². The van der Waals surface area contributed by atoms with E-state index >= 15 is 0 Å². The van der Waals surface area contributed by atoms with E-state index in [2.05, 4.69) is 20.9 Å². The Bertz CT molecular complexity index is 570. The molecule has 1 aromatic carbocycles. The quantitative estimate of drug-likeness (QED) is 0.940. The van der Waals surface area contributed by atoms with Crippen molar-refractivity contribution < 1.29 is 4.74 Å². The van der Waals surface area contributed by atoms with Gasteiger partial charge in [0.1, 0.15) is 5.75 Å². The van der Waals surface area contributed by atoms with E-state index in [0.717, 1.165) is 21.5 Å². The molecule has 1 heterocycles. The van der Waals surface area contributed by atoms with Crippen LogP contribution in [0.2, 0.25) is 0 Å². The normalized spacial score (nSPS) is 10.4. The minimum absolute atomic E-state index is 0.481. The van der Waals surface area contributed by atoms with Crippen LogP contribution in [0.15, 0.2) is 34.8 Å². The monoisotopic (exact) mass is 306 g/mol. The summed E-state index contributed by atoms with van der Waals surface area (Å²) in [5.74, 6) is 1.32. The Morgan fingerprint density at radius 3 is 2.67 bits per heavy atom. The van der Waals surface area contributed by atoms with Gasteiger partial charge in [-0.25, -0.2) is 4.98 Å². The Kier molecular flexibility index (Phi) is 3.99. The lowest BCUT2D eigenvalue weighted by Gasteiger charge is -2.09. The van der Waals surface area contributed by atoms with Gasteiger partial charge in [0, 0.05) is 18.3 Å². The SMILES string of the molecule is Cc1ccc(Oc2cc(CN)cc(C)n2)c(Br)c1. The predicted octanol–water partition coefficient (Wildman–Crippen LogP) is 3.71. The van der Waals surface area contributed by atoms with E-state index in [1.807, 2.05) is 44.2 Å². The van der Waals surface area contributed by atoms with Crippen LogP contribution in [0.3, 0.4) is 0 Å². The standard InChI is InChI=1S/C14H15BrN2O/c1-9-3-4-13(12(15)5-9)18-14-7-11(8-16)6-10(2)17-14/h3-7H,8,16H2,1-2H3. The van der Waals surface area contributed by atoms with Crippen molar-refractivity contribution in [1.82, 2.24) is 4.98 Å². The molecule has 0 aliphatic carbocycles. The molecular weight excluding hydrogens is 292 g/mol. The molecule has 0 spiro atoms. The van der Waals surface area contributed by atoms with Crippen molar-refractivity contribution in [2.45, 2.75) is 20.4 Å². The lowest BCUT2D eigenvalue weighted by atomic mass is 10.2. The molecule has 3 nitrogen and oxygen atoms in total. The highest BCUT2D eigenvalue weighted by Crippen LogP contribution is 2.29. The summed E-state index contributed by atoms with van der Waals surface area (Å²) in [6.07, 6.45) is 0. The number of hydrogen-bond acceptors (Lipinski definition) is 3. The molecule has 0 saturated heterocycles. The molecule has 18 heavy (non-hydrogen) atoms. The van der Waals surface area contributed by atoms with Crippen LogP contribution < -0.4 is 10.5 Å². The fraction of sp³-hybridized carbons (Fsp3) is 0.214. The largest absolute Gasteiger partial charge is 0.438 e. The minimum atomic E-state index is 0.481. The molecule has 4 heteroatoms. The van der Waals surface area contributed by atoms with Crippen LogP contribution in [0.4, 0.5) is 0 Å². The van der Waals surface area contributed by atoms with Gasteiger partial charge in [-0.15, -0.1) is 0 Å². The third kappa shape index (κ3) is 3.09. The van der Waals surface area contributed by atoms with Gasteiger partial charge in [0.05, 0.1) is 4.47 Å². The number of aryl methyl sites for hydroxylation is 2. The smallest absolute Gasteiger partial charge is 0.219 e. The lowest BCUT2D eigenvalue weighted by molar-refractivity contribution is 0.458. The van der Waals surface area contributed by atoms with Gasteiger partial charge < -0.3 is 10.5 Å². The number of hydrogen-bond donors (Lipinski definition) is 1. The Morgan fingerprint density at radius 1 is 1.22 bits per heavy atom. The van der Waals surface area contributed by atoms with Gasteiger partial charge in [0.2, 0.25) is 5.88 Å². The van der Waals surface area contributed by atoms with Gasteiger partial charge >= 0.3 is 0 Å². The first kappa shape index (κ1) is 13.1. The Hall–Kier alpha value is -1.39. The average Bonchev–Trinajstić information content (AvgIpc) is 2.32. The second-order valence-electron chi connectivity index (χ2n) is 4.20. The lowest BCUT2D eigenvalue weighted by Crippen LogP contribution is -1.99. The first-order valence-electron chi connectivity index (χ1n) is 5.70. The fourth-order valence-corrected chi connectivity index (χ4v) is 2.25. The number of nitrogens with two attached hydrogens (primary N) is 1. The van der Waals surface area contributed by atoms with Crippen LogP contribution in [0.1, 0.15) is 16.8 Å². The van der Waals surface area contributed by atoms with Crippen LogP contribution in [-0.2, 0) is 6.54 Å². The zero-order chi connectivity index (χ0) is 13.1. The number of pyridine rings is 1. The Labute approximate surface area is 115 Å². The maximum absolute atomic E-state index is 5.77. The van der Waals surface area contributed by atoms with Gasteiger partial charge in [-0.1, -0.05) is 6.07 Å². The molecule has 0 aliphatic rings. The molecule has 2 aromatic rings. The highest BCUT2D eigenvalue weighted by Gasteiger charge is 2.05. The summed E-state index contributed by atoms with van der Waals surface area (Å²) in [6.45, 7) is 4.44. The van der Waals surface area contributed by atoms with Crippen molar-refractivity contribution in [2.75, 3.05) is 0 Å². The zero-order valence-corrected chi connectivity index (χ0v) is 12.0. The van der Waals surface area contributed by atoms with E-state index in [1.54, 1.807) is 0 Å². The zero-order valence-electron chi connectivity index (χ0n) is 10.4. The number of rotatable bonds is 3. The molecule has 0 aliphatic heterocycles. The van der Waals surface area contributed by atoms with E-state index in [1.165, 1.54) is 5.56 Å². The number of aromatic nitrogens is 1. The van der Waals surface area contributed by atoms with Crippen LogP contribution in [0.5, 0.6) is 11.6 Å². The molecule has 0 unspecified atom stereocenters. The van der Waals surface area contributed by atoms with Crippen molar-refractivity contribution in [1.29, 1.82) is 0 Å². The van der Waals surface area contributed by atoms with Gasteiger partial charge in [-0.05, 0) is 59.1 Å². The van der Waals surface area contributed by atoms with E-state index in [9.17, 15) is 0 Å². The summed E-state index contributed by atoms with van der Waals surface area (Å²) >= 11 is 3.48. The van der Waals surface area contributed by atoms with Crippen LogP contribution in [0.25, 0.3) is 0 Å². The topological polar surface area (TPSA) is 48.1 Å². The summed E-state index contributed by atoms with van der Waals surface area (Å²) in [7, 11) is 0. The fourth-order valence-electron chi connectivity index (χ4n) is 1.68. The number of ether oxygens (including phenoxy) is 1. The summed E-state index contributed by atoms with van der Waals surface area (Å²) < 4.78 is 6.69. The van der Waals surface area contributed by atoms with Crippen LogP contribution in [0, 0.1) is 13.8 Å². The molecule has 2 rings (SSSR count). The van der Waals surface area contributed by atoms with E-state index in [0.29, 0.717) is 12.4 Å². The predicted molar refractivity (Wildman–Crippen MR) is 75.8 cm³/mol.